The zero-order valence-electron chi connectivity index (χ0n) is 14.7. The third-order valence-corrected chi connectivity index (χ3v) is 4.27. The summed E-state index contributed by atoms with van der Waals surface area (Å²) in [4.78, 5) is 26.5. The number of ether oxygens (including phenoxy) is 1. The molecule has 1 aliphatic rings. The number of esters is 1. The Bertz CT molecular complexity index is 942. The van der Waals surface area contributed by atoms with Gasteiger partial charge < -0.3 is 4.74 Å². The third-order valence-electron chi connectivity index (χ3n) is 4.27. The molecule has 5 heteroatoms. The van der Waals surface area contributed by atoms with Crippen LogP contribution in [0, 0.1) is 12.7 Å². The van der Waals surface area contributed by atoms with Crippen LogP contribution >= 0.6 is 0 Å². The first-order chi connectivity index (χ1) is 12.4. The van der Waals surface area contributed by atoms with Crippen LogP contribution in [0.15, 0.2) is 65.4 Å². The van der Waals surface area contributed by atoms with E-state index >= 15 is 0 Å². The molecule has 0 atom stereocenters. The lowest BCUT2D eigenvalue weighted by Gasteiger charge is -2.18. The number of halogens is 1. The molecule has 1 aliphatic heterocycles. The standard InChI is InChI=1S/C21H18FNO3/c1-13-8-10-15(11-9-13)12-16-19(21(25)26-3)14(2)23(20(16)24)18-7-5-4-6-17(18)22/h4-12H,1-3H3/b16-12+. The predicted octanol–water partition coefficient (Wildman–Crippen LogP) is 4.01. The number of methoxy groups -OCH3 is 1. The largest absolute Gasteiger partial charge is 0.465 e. The van der Waals surface area contributed by atoms with Gasteiger partial charge in [0.25, 0.3) is 5.91 Å². The SMILES string of the molecule is COC(=O)C1=C(C)N(c2ccccc2F)C(=O)/C1=C/c1ccc(C)cc1. The van der Waals surface area contributed by atoms with Crippen molar-refractivity contribution in [3.8, 4) is 0 Å². The van der Waals surface area contributed by atoms with Gasteiger partial charge in [-0.1, -0.05) is 42.0 Å². The van der Waals surface area contributed by atoms with Crippen LogP contribution in [0.4, 0.5) is 10.1 Å². The second-order valence-electron chi connectivity index (χ2n) is 6.01. The maximum absolute atomic E-state index is 14.2. The maximum atomic E-state index is 14.2. The molecule has 0 aromatic heterocycles. The Morgan fingerprint density at radius 1 is 1.08 bits per heavy atom. The molecule has 26 heavy (non-hydrogen) atoms. The fourth-order valence-corrected chi connectivity index (χ4v) is 2.93. The van der Waals surface area contributed by atoms with E-state index in [-0.39, 0.29) is 16.8 Å². The van der Waals surface area contributed by atoms with Crippen LogP contribution in [0.5, 0.6) is 0 Å². The lowest BCUT2D eigenvalue weighted by Crippen LogP contribution is -2.25. The van der Waals surface area contributed by atoms with E-state index in [4.69, 9.17) is 4.74 Å². The van der Waals surface area contributed by atoms with Crippen molar-refractivity contribution in [3.05, 3.63) is 82.3 Å². The lowest BCUT2D eigenvalue weighted by atomic mass is 10.0. The molecule has 0 saturated carbocycles. The Morgan fingerprint density at radius 2 is 1.73 bits per heavy atom. The molecule has 0 N–H and O–H groups in total. The predicted molar refractivity (Wildman–Crippen MR) is 97.8 cm³/mol. The Labute approximate surface area is 151 Å². The number of amides is 1. The van der Waals surface area contributed by atoms with Crippen molar-refractivity contribution in [2.45, 2.75) is 13.8 Å². The van der Waals surface area contributed by atoms with Gasteiger partial charge in [-0.2, -0.15) is 0 Å². The highest BCUT2D eigenvalue weighted by Crippen LogP contribution is 2.36. The van der Waals surface area contributed by atoms with E-state index in [0.717, 1.165) is 11.1 Å². The summed E-state index contributed by atoms with van der Waals surface area (Å²) in [5, 5.41) is 0. The molecule has 2 aromatic carbocycles. The van der Waals surface area contributed by atoms with Gasteiger partial charge in [-0.25, -0.2) is 9.18 Å². The molecule has 1 amide bonds. The van der Waals surface area contributed by atoms with Crippen LogP contribution in [0.25, 0.3) is 6.08 Å². The van der Waals surface area contributed by atoms with Gasteiger partial charge in [-0.05, 0) is 37.6 Å². The van der Waals surface area contributed by atoms with Crippen molar-refractivity contribution in [1.82, 2.24) is 0 Å². The number of nitrogens with zero attached hydrogens (tertiary/aromatic N) is 1. The molecule has 1 heterocycles. The summed E-state index contributed by atoms with van der Waals surface area (Å²) in [7, 11) is 1.25. The van der Waals surface area contributed by atoms with E-state index < -0.39 is 17.7 Å². The highest BCUT2D eigenvalue weighted by Gasteiger charge is 2.38. The molecular formula is C21H18FNO3. The number of hydrogen-bond donors (Lipinski definition) is 0. The summed E-state index contributed by atoms with van der Waals surface area (Å²) in [5.74, 6) is -1.64. The minimum Gasteiger partial charge on any atom is -0.465 e. The Morgan fingerprint density at radius 3 is 2.35 bits per heavy atom. The smallest absolute Gasteiger partial charge is 0.340 e. The van der Waals surface area contributed by atoms with E-state index in [1.165, 1.54) is 24.1 Å². The van der Waals surface area contributed by atoms with Crippen molar-refractivity contribution in [2.75, 3.05) is 12.0 Å². The zero-order chi connectivity index (χ0) is 18.8. The fourth-order valence-electron chi connectivity index (χ4n) is 2.93. The number of carbonyl (C=O) groups is 2. The van der Waals surface area contributed by atoms with E-state index in [2.05, 4.69) is 0 Å². The van der Waals surface area contributed by atoms with Crippen molar-refractivity contribution in [1.29, 1.82) is 0 Å². The highest BCUT2D eigenvalue weighted by molar-refractivity contribution is 6.23. The van der Waals surface area contributed by atoms with Crippen LogP contribution in [-0.2, 0) is 14.3 Å². The summed E-state index contributed by atoms with van der Waals surface area (Å²) in [6, 6.07) is 13.5. The molecule has 3 rings (SSSR count). The maximum Gasteiger partial charge on any atom is 0.340 e. The number of para-hydroxylation sites is 1. The third kappa shape index (κ3) is 3.04. The average Bonchev–Trinajstić information content (AvgIpc) is 2.87. The number of hydrogen-bond acceptors (Lipinski definition) is 3. The van der Waals surface area contributed by atoms with E-state index in [1.54, 1.807) is 25.1 Å². The first-order valence-corrected chi connectivity index (χ1v) is 8.11. The van der Waals surface area contributed by atoms with Crippen molar-refractivity contribution in [2.24, 2.45) is 0 Å². The summed E-state index contributed by atoms with van der Waals surface area (Å²) in [6.45, 7) is 3.56. The number of carbonyl (C=O) groups excluding carboxylic acids is 2. The van der Waals surface area contributed by atoms with E-state index in [0.29, 0.717) is 5.70 Å². The molecule has 0 spiro atoms. The van der Waals surface area contributed by atoms with Crippen molar-refractivity contribution in [3.63, 3.8) is 0 Å². The second-order valence-corrected chi connectivity index (χ2v) is 6.01. The number of allylic oxidation sites excluding steroid dienone is 1. The summed E-state index contributed by atoms with van der Waals surface area (Å²) in [5.41, 5.74) is 2.61. The lowest BCUT2D eigenvalue weighted by molar-refractivity contribution is -0.136. The number of anilines is 1. The number of benzene rings is 2. The van der Waals surface area contributed by atoms with Gasteiger partial charge in [0, 0.05) is 5.70 Å². The monoisotopic (exact) mass is 351 g/mol. The Hall–Kier alpha value is -3.21. The van der Waals surface area contributed by atoms with E-state index in [9.17, 15) is 14.0 Å². The van der Waals surface area contributed by atoms with Crippen LogP contribution in [-0.4, -0.2) is 19.0 Å². The molecule has 4 nitrogen and oxygen atoms in total. The van der Waals surface area contributed by atoms with Crippen LogP contribution < -0.4 is 4.90 Å². The van der Waals surface area contributed by atoms with Crippen LogP contribution in [0.2, 0.25) is 0 Å². The van der Waals surface area contributed by atoms with Gasteiger partial charge in [-0.3, -0.25) is 9.69 Å². The molecular weight excluding hydrogens is 333 g/mol. The quantitative estimate of drug-likeness (QED) is 0.620. The number of rotatable bonds is 3. The van der Waals surface area contributed by atoms with E-state index in [1.807, 2.05) is 31.2 Å². The minimum absolute atomic E-state index is 0.101. The zero-order valence-corrected chi connectivity index (χ0v) is 14.7. The van der Waals surface area contributed by atoms with Gasteiger partial charge in [0.2, 0.25) is 0 Å². The molecule has 0 radical (unpaired) electrons. The highest BCUT2D eigenvalue weighted by atomic mass is 19.1. The summed E-state index contributed by atoms with van der Waals surface area (Å²) >= 11 is 0. The van der Waals surface area contributed by atoms with Crippen LogP contribution in [0.1, 0.15) is 18.1 Å². The van der Waals surface area contributed by atoms with Gasteiger partial charge in [0.1, 0.15) is 5.82 Å². The number of aryl methyl sites for hydroxylation is 1. The van der Waals surface area contributed by atoms with Crippen LogP contribution in [0.3, 0.4) is 0 Å². The van der Waals surface area contributed by atoms with Gasteiger partial charge >= 0.3 is 5.97 Å². The van der Waals surface area contributed by atoms with Gasteiger partial charge in [0.05, 0.1) is 23.9 Å². The van der Waals surface area contributed by atoms with Gasteiger partial charge in [0.15, 0.2) is 0 Å². The Balaban J connectivity index is 2.16. The Kier molecular flexibility index (Phi) is 4.71. The van der Waals surface area contributed by atoms with Gasteiger partial charge in [-0.15, -0.1) is 0 Å². The molecule has 2 aromatic rings. The molecule has 0 unspecified atom stereocenters. The van der Waals surface area contributed by atoms with Crippen molar-refractivity contribution >= 4 is 23.6 Å². The fraction of sp³-hybridized carbons (Fsp3) is 0.143. The molecule has 0 fully saturated rings. The normalized spacial score (nSPS) is 15.8. The first-order valence-electron chi connectivity index (χ1n) is 8.11. The molecule has 0 saturated heterocycles. The topological polar surface area (TPSA) is 46.6 Å². The second kappa shape index (κ2) is 6.96. The average molecular weight is 351 g/mol. The first kappa shape index (κ1) is 17.6. The molecule has 132 valence electrons. The summed E-state index contributed by atoms with van der Waals surface area (Å²) < 4.78 is 19.1. The minimum atomic E-state index is -0.631. The van der Waals surface area contributed by atoms with Crippen molar-refractivity contribution < 1.29 is 18.7 Å². The summed E-state index contributed by atoms with van der Waals surface area (Å²) in [6.07, 6.45) is 1.62. The molecule has 0 aliphatic carbocycles. The molecule has 0 bridgehead atoms.